The molecule has 0 bridgehead atoms. The fourth-order valence-electron chi connectivity index (χ4n) is 1.92. The highest BCUT2D eigenvalue weighted by Gasteiger charge is 2.22. The molecule has 1 saturated heterocycles. The van der Waals surface area contributed by atoms with E-state index in [9.17, 15) is 4.79 Å². The molecule has 0 aromatic heterocycles. The maximum Gasteiger partial charge on any atom is 0.409 e. The first-order valence-corrected chi connectivity index (χ1v) is 7.02. The van der Waals surface area contributed by atoms with Crippen LogP contribution in [0, 0.1) is 0 Å². The summed E-state index contributed by atoms with van der Waals surface area (Å²) in [6, 6.07) is 0.494. The van der Waals surface area contributed by atoms with Gasteiger partial charge in [-0.2, -0.15) is 0 Å². The molecule has 1 rings (SSSR count). The summed E-state index contributed by atoms with van der Waals surface area (Å²) < 4.78 is 5.18. The lowest BCUT2D eigenvalue weighted by Crippen LogP contribution is -2.45. The minimum atomic E-state index is -0.158. The summed E-state index contributed by atoms with van der Waals surface area (Å²) in [6.07, 6.45) is 3.81. The van der Waals surface area contributed by atoms with E-state index in [4.69, 9.17) is 16.3 Å². The minimum absolute atomic E-state index is 0.158. The van der Waals surface area contributed by atoms with Crippen LogP contribution in [0.25, 0.3) is 0 Å². The highest BCUT2D eigenvalue weighted by atomic mass is 35.5. The maximum atomic E-state index is 11.7. The second-order valence-corrected chi connectivity index (χ2v) is 4.75. The van der Waals surface area contributed by atoms with Gasteiger partial charge in [-0.05, 0) is 19.3 Å². The molecule has 5 heteroatoms. The SMILES string of the molecule is CCCCOC(=O)N1CCC(NCCCl)CC1. The van der Waals surface area contributed by atoms with Gasteiger partial charge in [-0.3, -0.25) is 0 Å². The molecule has 1 aliphatic rings. The predicted octanol–water partition coefficient (Wildman–Crippen LogP) is 2.22. The zero-order chi connectivity index (χ0) is 12.5. The molecular formula is C12H23ClN2O2. The predicted molar refractivity (Wildman–Crippen MR) is 69.6 cm³/mol. The summed E-state index contributed by atoms with van der Waals surface area (Å²) in [6.45, 7) is 5.03. The summed E-state index contributed by atoms with van der Waals surface area (Å²) >= 11 is 5.62. The lowest BCUT2D eigenvalue weighted by atomic mass is 10.1. The van der Waals surface area contributed by atoms with Gasteiger partial charge in [0.1, 0.15) is 0 Å². The molecule has 1 N–H and O–H groups in total. The molecule has 0 radical (unpaired) electrons. The van der Waals surface area contributed by atoms with Crippen LogP contribution in [0.15, 0.2) is 0 Å². The van der Waals surface area contributed by atoms with Crippen LogP contribution in [-0.2, 0) is 4.74 Å². The van der Waals surface area contributed by atoms with Crippen molar-refractivity contribution in [1.82, 2.24) is 10.2 Å². The molecular weight excluding hydrogens is 240 g/mol. The van der Waals surface area contributed by atoms with E-state index in [1.165, 1.54) is 0 Å². The van der Waals surface area contributed by atoms with Crippen LogP contribution in [-0.4, -0.2) is 49.2 Å². The highest BCUT2D eigenvalue weighted by molar-refractivity contribution is 6.18. The third-order valence-corrected chi connectivity index (χ3v) is 3.19. The van der Waals surface area contributed by atoms with Crippen molar-refractivity contribution in [3.8, 4) is 0 Å². The number of hydrogen-bond donors (Lipinski definition) is 1. The van der Waals surface area contributed by atoms with Crippen LogP contribution in [0.1, 0.15) is 32.6 Å². The van der Waals surface area contributed by atoms with Crippen molar-refractivity contribution in [2.24, 2.45) is 0 Å². The Morgan fingerprint density at radius 2 is 2.18 bits per heavy atom. The van der Waals surface area contributed by atoms with Crippen LogP contribution in [0.5, 0.6) is 0 Å². The number of carbonyl (C=O) groups excluding carboxylic acids is 1. The third kappa shape index (κ3) is 5.59. The number of amides is 1. The molecule has 0 aromatic rings. The highest BCUT2D eigenvalue weighted by Crippen LogP contribution is 2.11. The van der Waals surface area contributed by atoms with Crippen molar-refractivity contribution in [1.29, 1.82) is 0 Å². The number of nitrogens with one attached hydrogen (secondary N) is 1. The Morgan fingerprint density at radius 3 is 2.76 bits per heavy atom. The van der Waals surface area contributed by atoms with E-state index in [-0.39, 0.29) is 6.09 Å². The maximum absolute atomic E-state index is 11.7. The third-order valence-electron chi connectivity index (χ3n) is 3.00. The van der Waals surface area contributed by atoms with Crippen molar-refractivity contribution < 1.29 is 9.53 Å². The average molecular weight is 263 g/mol. The minimum Gasteiger partial charge on any atom is -0.449 e. The molecule has 4 nitrogen and oxygen atoms in total. The van der Waals surface area contributed by atoms with Gasteiger partial charge in [-0.25, -0.2) is 4.79 Å². The number of alkyl halides is 1. The second-order valence-electron chi connectivity index (χ2n) is 4.37. The summed E-state index contributed by atoms with van der Waals surface area (Å²) in [7, 11) is 0. The van der Waals surface area contributed by atoms with Crippen LogP contribution in [0.2, 0.25) is 0 Å². The van der Waals surface area contributed by atoms with Gasteiger partial charge in [0.05, 0.1) is 6.61 Å². The van der Waals surface area contributed by atoms with Gasteiger partial charge >= 0.3 is 6.09 Å². The number of halogens is 1. The number of rotatable bonds is 6. The number of piperidine rings is 1. The van der Waals surface area contributed by atoms with Crippen molar-refractivity contribution in [3.05, 3.63) is 0 Å². The number of carbonyl (C=O) groups is 1. The molecule has 1 aliphatic heterocycles. The molecule has 1 heterocycles. The molecule has 17 heavy (non-hydrogen) atoms. The fourth-order valence-corrected chi connectivity index (χ4v) is 2.03. The molecule has 0 spiro atoms. The average Bonchev–Trinajstić information content (AvgIpc) is 2.37. The van der Waals surface area contributed by atoms with Crippen molar-refractivity contribution >= 4 is 17.7 Å². The summed E-state index contributed by atoms with van der Waals surface area (Å²) in [5.74, 6) is 0.638. The zero-order valence-electron chi connectivity index (χ0n) is 10.6. The largest absolute Gasteiger partial charge is 0.449 e. The quantitative estimate of drug-likeness (QED) is 0.590. The van der Waals surface area contributed by atoms with E-state index in [0.29, 0.717) is 18.5 Å². The Hall–Kier alpha value is -0.480. The van der Waals surface area contributed by atoms with E-state index in [1.54, 1.807) is 4.90 Å². The molecule has 0 unspecified atom stereocenters. The Labute approximate surface area is 109 Å². The fraction of sp³-hybridized carbons (Fsp3) is 0.917. The van der Waals surface area contributed by atoms with Crippen LogP contribution in [0.4, 0.5) is 4.79 Å². The zero-order valence-corrected chi connectivity index (χ0v) is 11.3. The van der Waals surface area contributed by atoms with Gasteiger partial charge in [0.25, 0.3) is 0 Å². The Balaban J connectivity index is 2.15. The first kappa shape index (κ1) is 14.6. The number of likely N-dealkylation sites (tertiary alicyclic amines) is 1. The van der Waals surface area contributed by atoms with Crippen molar-refractivity contribution in [2.45, 2.75) is 38.6 Å². The Kier molecular flexibility index (Phi) is 7.37. The van der Waals surface area contributed by atoms with E-state index in [0.717, 1.165) is 45.3 Å². The first-order chi connectivity index (χ1) is 8.27. The van der Waals surface area contributed by atoms with Gasteiger partial charge < -0.3 is 15.0 Å². The normalized spacial score (nSPS) is 17.2. The van der Waals surface area contributed by atoms with E-state index in [1.807, 2.05) is 0 Å². The van der Waals surface area contributed by atoms with Crippen LogP contribution < -0.4 is 5.32 Å². The molecule has 1 amide bonds. The topological polar surface area (TPSA) is 41.6 Å². The summed E-state index contributed by atoms with van der Waals surface area (Å²) in [5, 5.41) is 3.37. The van der Waals surface area contributed by atoms with Crippen molar-refractivity contribution in [3.63, 3.8) is 0 Å². The molecule has 0 aromatic carbocycles. The van der Waals surface area contributed by atoms with E-state index in [2.05, 4.69) is 12.2 Å². The standard InChI is InChI=1S/C12H23ClN2O2/c1-2-3-10-17-12(16)15-8-4-11(5-9-15)14-7-6-13/h11,14H,2-10H2,1H3. The van der Waals surface area contributed by atoms with Gasteiger partial charge in [0, 0.05) is 31.6 Å². The summed E-state index contributed by atoms with van der Waals surface area (Å²) in [5.41, 5.74) is 0. The molecule has 0 saturated carbocycles. The lowest BCUT2D eigenvalue weighted by Gasteiger charge is -2.31. The molecule has 0 aliphatic carbocycles. The van der Waals surface area contributed by atoms with E-state index >= 15 is 0 Å². The first-order valence-electron chi connectivity index (χ1n) is 6.49. The lowest BCUT2D eigenvalue weighted by molar-refractivity contribution is 0.0899. The molecule has 1 fully saturated rings. The van der Waals surface area contributed by atoms with Crippen molar-refractivity contribution in [2.75, 3.05) is 32.1 Å². The van der Waals surface area contributed by atoms with Gasteiger partial charge in [-0.1, -0.05) is 13.3 Å². The van der Waals surface area contributed by atoms with Gasteiger partial charge in [0.2, 0.25) is 0 Å². The Bertz CT molecular complexity index is 219. The van der Waals surface area contributed by atoms with Gasteiger partial charge in [-0.15, -0.1) is 11.6 Å². The molecule has 100 valence electrons. The molecule has 0 atom stereocenters. The number of nitrogens with zero attached hydrogens (tertiary/aromatic N) is 1. The van der Waals surface area contributed by atoms with Crippen LogP contribution in [0.3, 0.4) is 0 Å². The summed E-state index contributed by atoms with van der Waals surface area (Å²) in [4.78, 5) is 13.5. The number of unbranched alkanes of at least 4 members (excludes halogenated alkanes) is 1. The smallest absolute Gasteiger partial charge is 0.409 e. The van der Waals surface area contributed by atoms with Crippen LogP contribution >= 0.6 is 11.6 Å². The number of ether oxygens (including phenoxy) is 1. The second kappa shape index (κ2) is 8.59. The monoisotopic (exact) mass is 262 g/mol. The van der Waals surface area contributed by atoms with Gasteiger partial charge in [0.15, 0.2) is 0 Å². The Morgan fingerprint density at radius 1 is 1.47 bits per heavy atom. The van der Waals surface area contributed by atoms with E-state index < -0.39 is 0 Å². The number of hydrogen-bond acceptors (Lipinski definition) is 3.